The number of H-pyrrole nitrogens is 1. The monoisotopic (exact) mass is 583 g/mol. The number of hydrogen-bond acceptors (Lipinski definition) is 8. The molecule has 0 bridgehead atoms. The van der Waals surface area contributed by atoms with E-state index < -0.39 is 29.3 Å². The van der Waals surface area contributed by atoms with Crippen LogP contribution in [0.4, 0.5) is 29.7 Å². The van der Waals surface area contributed by atoms with Crippen molar-refractivity contribution in [2.75, 3.05) is 54.9 Å². The summed E-state index contributed by atoms with van der Waals surface area (Å²) in [5.41, 5.74) is -0.151. The SMILES string of the molecule is C[C@@H]1CN(c2cc(F)c(C3=CCCN(c4ncc(C#N)s4)C3)cc2NC(=O)c2c[nH]c(=O)cc2C(F)F)CCN1C. The molecule has 1 atom stereocenters. The number of aromatic amines is 1. The predicted molar refractivity (Wildman–Crippen MR) is 152 cm³/mol. The summed E-state index contributed by atoms with van der Waals surface area (Å²) in [5.74, 6) is -1.32. The van der Waals surface area contributed by atoms with Gasteiger partial charge in [0.1, 0.15) is 16.8 Å². The number of carbonyl (C=O) groups excluding carboxylic acids is 1. The molecule has 4 heterocycles. The van der Waals surface area contributed by atoms with Gasteiger partial charge in [-0.2, -0.15) is 5.26 Å². The Morgan fingerprint density at radius 2 is 2.05 bits per heavy atom. The number of piperazine rings is 1. The van der Waals surface area contributed by atoms with E-state index in [1.54, 1.807) is 0 Å². The minimum Gasteiger partial charge on any atom is -0.367 e. The van der Waals surface area contributed by atoms with E-state index in [1.807, 2.05) is 29.8 Å². The lowest BCUT2D eigenvalue weighted by atomic mass is 9.98. The maximum atomic E-state index is 15.8. The van der Waals surface area contributed by atoms with Gasteiger partial charge < -0.3 is 25.0 Å². The summed E-state index contributed by atoms with van der Waals surface area (Å²) in [7, 11) is 2.00. The van der Waals surface area contributed by atoms with Crippen LogP contribution in [-0.4, -0.2) is 66.6 Å². The molecule has 2 aliphatic heterocycles. The van der Waals surface area contributed by atoms with Crippen LogP contribution in [0, 0.1) is 17.1 Å². The van der Waals surface area contributed by atoms with Crippen molar-refractivity contribution in [3.63, 3.8) is 0 Å². The topological polar surface area (TPSA) is 108 Å². The number of rotatable bonds is 6. The fraction of sp³-hybridized carbons (Fsp3) is 0.357. The molecule has 0 unspecified atom stereocenters. The van der Waals surface area contributed by atoms with E-state index in [2.05, 4.69) is 26.3 Å². The van der Waals surface area contributed by atoms with Gasteiger partial charge in [-0.05, 0) is 38.1 Å². The van der Waals surface area contributed by atoms with E-state index in [0.29, 0.717) is 66.5 Å². The molecule has 1 fully saturated rings. The maximum Gasteiger partial charge on any atom is 0.264 e. The number of benzene rings is 1. The Labute approximate surface area is 238 Å². The van der Waals surface area contributed by atoms with Gasteiger partial charge in [0.2, 0.25) is 5.56 Å². The molecular weight excluding hydrogens is 555 g/mol. The number of thiazole rings is 1. The van der Waals surface area contributed by atoms with Crippen molar-refractivity contribution < 1.29 is 18.0 Å². The molecular formula is C28H28F3N7O2S. The third kappa shape index (κ3) is 5.98. The van der Waals surface area contributed by atoms with Gasteiger partial charge >= 0.3 is 0 Å². The van der Waals surface area contributed by atoms with Gasteiger partial charge in [0.05, 0.1) is 23.1 Å². The second-order valence-electron chi connectivity index (χ2n) is 10.1. The number of anilines is 3. The summed E-state index contributed by atoms with van der Waals surface area (Å²) in [4.78, 5) is 38.1. The van der Waals surface area contributed by atoms with Gasteiger partial charge in [0.15, 0.2) is 5.13 Å². The van der Waals surface area contributed by atoms with Crippen LogP contribution in [0.25, 0.3) is 5.57 Å². The van der Waals surface area contributed by atoms with E-state index in [-0.39, 0.29) is 22.9 Å². The third-order valence-electron chi connectivity index (χ3n) is 7.44. The molecule has 2 aliphatic rings. The molecule has 0 spiro atoms. The quantitative estimate of drug-likeness (QED) is 0.441. The minimum atomic E-state index is -3.04. The number of alkyl halides is 2. The second kappa shape index (κ2) is 11.8. The first-order chi connectivity index (χ1) is 19.6. The van der Waals surface area contributed by atoms with Gasteiger partial charge in [-0.3, -0.25) is 9.59 Å². The average Bonchev–Trinajstić information content (AvgIpc) is 3.45. The van der Waals surface area contributed by atoms with E-state index in [0.717, 1.165) is 6.20 Å². The maximum absolute atomic E-state index is 15.8. The van der Waals surface area contributed by atoms with Crippen molar-refractivity contribution in [1.82, 2.24) is 14.9 Å². The lowest BCUT2D eigenvalue weighted by molar-refractivity contribution is 0.101. The Kier molecular flexibility index (Phi) is 8.14. The molecule has 214 valence electrons. The fourth-order valence-corrected chi connectivity index (χ4v) is 5.80. The van der Waals surface area contributed by atoms with Crippen LogP contribution in [0.2, 0.25) is 0 Å². The largest absolute Gasteiger partial charge is 0.367 e. The van der Waals surface area contributed by atoms with E-state index in [9.17, 15) is 18.4 Å². The highest BCUT2D eigenvalue weighted by Gasteiger charge is 2.27. The van der Waals surface area contributed by atoms with Crippen molar-refractivity contribution in [3.8, 4) is 6.07 Å². The molecule has 5 rings (SSSR count). The van der Waals surface area contributed by atoms with E-state index in [4.69, 9.17) is 5.26 Å². The summed E-state index contributed by atoms with van der Waals surface area (Å²) in [6, 6.07) is 5.85. The molecule has 0 aliphatic carbocycles. The summed E-state index contributed by atoms with van der Waals surface area (Å²) >= 11 is 1.25. The molecule has 1 aromatic carbocycles. The van der Waals surface area contributed by atoms with Crippen LogP contribution in [0.1, 0.15) is 46.1 Å². The van der Waals surface area contributed by atoms with E-state index in [1.165, 1.54) is 29.7 Å². The summed E-state index contributed by atoms with van der Waals surface area (Å²) in [6.07, 6.45) is 1.97. The molecule has 13 heteroatoms. The van der Waals surface area contributed by atoms with Crippen molar-refractivity contribution in [2.24, 2.45) is 0 Å². The first-order valence-electron chi connectivity index (χ1n) is 13.1. The lowest BCUT2D eigenvalue weighted by Gasteiger charge is -2.40. The van der Waals surface area contributed by atoms with Crippen LogP contribution in [0.15, 0.2) is 41.5 Å². The highest BCUT2D eigenvalue weighted by Crippen LogP contribution is 2.36. The number of halogens is 3. The number of aromatic nitrogens is 2. The number of hydrogen-bond donors (Lipinski definition) is 2. The molecule has 9 nitrogen and oxygen atoms in total. The average molecular weight is 584 g/mol. The van der Waals surface area contributed by atoms with Gasteiger partial charge in [0.25, 0.3) is 12.3 Å². The molecule has 2 N–H and O–H groups in total. The van der Waals surface area contributed by atoms with Gasteiger partial charge in [0, 0.05) is 62.2 Å². The smallest absolute Gasteiger partial charge is 0.264 e. The molecule has 41 heavy (non-hydrogen) atoms. The van der Waals surface area contributed by atoms with Crippen molar-refractivity contribution >= 4 is 39.3 Å². The van der Waals surface area contributed by atoms with Gasteiger partial charge in [-0.15, -0.1) is 0 Å². The zero-order valence-electron chi connectivity index (χ0n) is 22.5. The Balaban J connectivity index is 1.52. The summed E-state index contributed by atoms with van der Waals surface area (Å²) in [6.45, 7) is 4.89. The number of nitrogens with zero attached hydrogens (tertiary/aromatic N) is 5. The third-order valence-corrected chi connectivity index (χ3v) is 8.40. The molecule has 1 saturated heterocycles. The number of likely N-dealkylation sites (N-methyl/N-ethyl adjacent to an activating group) is 1. The molecule has 3 aromatic rings. The summed E-state index contributed by atoms with van der Waals surface area (Å²) < 4.78 is 43.2. The number of amides is 1. The van der Waals surface area contributed by atoms with Crippen molar-refractivity contribution in [3.05, 3.63) is 74.4 Å². The van der Waals surface area contributed by atoms with Crippen LogP contribution in [-0.2, 0) is 0 Å². The molecule has 2 aromatic heterocycles. The highest BCUT2D eigenvalue weighted by atomic mass is 32.1. The van der Waals surface area contributed by atoms with Gasteiger partial charge in [-0.25, -0.2) is 18.2 Å². The van der Waals surface area contributed by atoms with Crippen LogP contribution >= 0.6 is 11.3 Å². The zero-order valence-corrected chi connectivity index (χ0v) is 23.3. The van der Waals surface area contributed by atoms with Gasteiger partial charge in [-0.1, -0.05) is 17.4 Å². The number of carbonyl (C=O) groups is 1. The second-order valence-corrected chi connectivity index (χ2v) is 11.1. The first kappa shape index (κ1) is 28.4. The lowest BCUT2D eigenvalue weighted by Crippen LogP contribution is -2.50. The molecule has 0 saturated carbocycles. The zero-order chi connectivity index (χ0) is 29.3. The Bertz CT molecular complexity index is 1600. The first-order valence-corrected chi connectivity index (χ1v) is 13.9. The highest BCUT2D eigenvalue weighted by molar-refractivity contribution is 7.16. The molecule has 0 radical (unpaired) electrons. The molecule has 1 amide bonds. The number of nitrogens with one attached hydrogen (secondary N) is 2. The van der Waals surface area contributed by atoms with E-state index >= 15 is 4.39 Å². The number of nitriles is 1. The number of pyridine rings is 1. The Morgan fingerprint density at radius 3 is 2.76 bits per heavy atom. The predicted octanol–water partition coefficient (Wildman–Crippen LogP) is 4.47. The van der Waals surface area contributed by atoms with Crippen LogP contribution in [0.5, 0.6) is 0 Å². The summed E-state index contributed by atoms with van der Waals surface area (Å²) in [5, 5.41) is 12.5. The van der Waals surface area contributed by atoms with Crippen LogP contribution < -0.4 is 20.7 Å². The van der Waals surface area contributed by atoms with Crippen molar-refractivity contribution in [1.29, 1.82) is 5.26 Å². The Hall–Kier alpha value is -4.15. The normalized spacial score (nSPS) is 17.9. The fourth-order valence-electron chi connectivity index (χ4n) is 5.06. The van der Waals surface area contributed by atoms with Crippen LogP contribution in [0.3, 0.4) is 0 Å². The minimum absolute atomic E-state index is 0.158. The Morgan fingerprint density at radius 1 is 1.24 bits per heavy atom. The standard InChI is InChI=1S/C28H28F3N7O2S/c1-16-14-37(7-6-36(16)2)24-10-22(29)19(17-4-3-5-38(15-17)28-34-12-18(11-32)41-28)8-23(24)35-27(40)21-13-33-25(39)9-20(21)26(30)31/h4,8-10,12-13,16,26H,3,5-7,14-15H2,1-2H3,(H,33,39)(H,35,40)/t16-/m1/s1. The van der Waals surface area contributed by atoms with Crippen molar-refractivity contribution in [2.45, 2.75) is 25.8 Å².